The number of rotatable bonds is 2. The first-order valence-electron chi connectivity index (χ1n) is 5.70. The van der Waals surface area contributed by atoms with E-state index < -0.39 is 17.0 Å². The summed E-state index contributed by atoms with van der Waals surface area (Å²) in [6.45, 7) is 3.81. The van der Waals surface area contributed by atoms with Crippen LogP contribution in [0.5, 0.6) is 0 Å². The minimum atomic E-state index is -0.955. The number of hydrogen-bond acceptors (Lipinski definition) is 4. The Morgan fingerprint density at radius 3 is 2.76 bits per heavy atom. The first kappa shape index (κ1) is 12.5. The van der Waals surface area contributed by atoms with Crippen molar-refractivity contribution in [1.29, 1.82) is 0 Å². The number of carboxylic acids is 1. The Labute approximate surface area is 104 Å². The largest absolute Gasteiger partial charge is 0.481 e. The van der Waals surface area contributed by atoms with Gasteiger partial charge >= 0.3 is 5.97 Å². The fourth-order valence-corrected chi connectivity index (χ4v) is 3.60. The van der Waals surface area contributed by atoms with Crippen LogP contribution in [0.1, 0.15) is 38.1 Å². The molecule has 0 unspecified atom stereocenters. The SMILES string of the molecule is CC1(C)C[C@](O)(c2nccs2)CC[C@H]1C(=O)O. The second-order valence-electron chi connectivity index (χ2n) is 5.46. The third kappa shape index (κ3) is 2.21. The summed E-state index contributed by atoms with van der Waals surface area (Å²) in [6, 6.07) is 0. The lowest BCUT2D eigenvalue weighted by Gasteiger charge is -2.44. The molecule has 0 spiro atoms. The number of thiazole rings is 1. The minimum Gasteiger partial charge on any atom is -0.481 e. The lowest BCUT2D eigenvalue weighted by atomic mass is 9.63. The zero-order valence-corrected chi connectivity index (χ0v) is 10.8. The smallest absolute Gasteiger partial charge is 0.307 e. The molecule has 0 saturated heterocycles. The van der Waals surface area contributed by atoms with E-state index in [1.807, 2.05) is 19.2 Å². The van der Waals surface area contributed by atoms with Gasteiger partial charge in [-0.15, -0.1) is 11.3 Å². The van der Waals surface area contributed by atoms with Gasteiger partial charge in [-0.1, -0.05) is 13.8 Å². The molecule has 1 aromatic heterocycles. The first-order chi connectivity index (χ1) is 7.85. The van der Waals surface area contributed by atoms with Crippen molar-refractivity contribution in [3.05, 3.63) is 16.6 Å². The highest BCUT2D eigenvalue weighted by Crippen LogP contribution is 2.49. The molecule has 4 nitrogen and oxygen atoms in total. The summed E-state index contributed by atoms with van der Waals surface area (Å²) in [5.74, 6) is -1.15. The van der Waals surface area contributed by atoms with Crippen molar-refractivity contribution < 1.29 is 15.0 Å². The average molecular weight is 255 g/mol. The van der Waals surface area contributed by atoms with Crippen LogP contribution in [0.3, 0.4) is 0 Å². The van der Waals surface area contributed by atoms with Crippen LogP contribution in [-0.2, 0) is 10.4 Å². The zero-order valence-electron chi connectivity index (χ0n) is 10.0. The Kier molecular flexibility index (Phi) is 2.99. The van der Waals surface area contributed by atoms with Gasteiger partial charge in [0, 0.05) is 11.6 Å². The van der Waals surface area contributed by atoms with Crippen molar-refractivity contribution >= 4 is 17.3 Å². The first-order valence-corrected chi connectivity index (χ1v) is 6.58. The van der Waals surface area contributed by atoms with Gasteiger partial charge in [0.25, 0.3) is 0 Å². The van der Waals surface area contributed by atoms with E-state index >= 15 is 0 Å². The Morgan fingerprint density at radius 2 is 2.29 bits per heavy atom. The molecule has 0 aliphatic heterocycles. The molecule has 1 saturated carbocycles. The molecule has 0 radical (unpaired) electrons. The van der Waals surface area contributed by atoms with Crippen LogP contribution < -0.4 is 0 Å². The standard InChI is InChI=1S/C12H17NO3S/c1-11(2)7-12(16,10-13-5-6-17-10)4-3-8(11)9(14)15/h5-6,8,16H,3-4,7H2,1-2H3,(H,14,15)/t8-,12-/m0/s1. The Balaban J connectivity index is 2.25. The molecule has 17 heavy (non-hydrogen) atoms. The van der Waals surface area contributed by atoms with Crippen molar-refractivity contribution in [2.24, 2.45) is 11.3 Å². The number of aliphatic carboxylic acids is 1. The van der Waals surface area contributed by atoms with Gasteiger partial charge in [0.15, 0.2) is 0 Å². The highest BCUT2D eigenvalue weighted by Gasteiger charge is 2.48. The number of hydrogen-bond donors (Lipinski definition) is 2. The number of aliphatic hydroxyl groups is 1. The Hall–Kier alpha value is -0.940. The van der Waals surface area contributed by atoms with Gasteiger partial charge in [-0.3, -0.25) is 4.79 Å². The van der Waals surface area contributed by atoms with Crippen LogP contribution in [0.25, 0.3) is 0 Å². The number of aromatic nitrogens is 1. The van der Waals surface area contributed by atoms with Gasteiger partial charge in [-0.05, 0) is 24.7 Å². The molecule has 0 amide bonds. The monoisotopic (exact) mass is 255 g/mol. The molecule has 2 rings (SSSR count). The Bertz CT molecular complexity index is 415. The average Bonchev–Trinajstić information content (AvgIpc) is 2.67. The van der Waals surface area contributed by atoms with Crippen molar-refractivity contribution in [3.8, 4) is 0 Å². The molecule has 1 aliphatic rings. The lowest BCUT2D eigenvalue weighted by Crippen LogP contribution is -2.44. The predicted molar refractivity (Wildman–Crippen MR) is 64.8 cm³/mol. The van der Waals surface area contributed by atoms with Crippen LogP contribution in [0, 0.1) is 11.3 Å². The van der Waals surface area contributed by atoms with Crippen LogP contribution >= 0.6 is 11.3 Å². The fourth-order valence-electron chi connectivity index (χ4n) is 2.83. The van der Waals surface area contributed by atoms with E-state index in [1.165, 1.54) is 11.3 Å². The molecule has 1 fully saturated rings. The van der Waals surface area contributed by atoms with Gasteiger partial charge in [0.05, 0.1) is 5.92 Å². The van der Waals surface area contributed by atoms with Crippen molar-refractivity contribution in [2.45, 2.75) is 38.7 Å². The van der Waals surface area contributed by atoms with Crippen LogP contribution in [0.2, 0.25) is 0 Å². The quantitative estimate of drug-likeness (QED) is 0.850. The summed E-state index contributed by atoms with van der Waals surface area (Å²) in [4.78, 5) is 15.3. The van der Waals surface area contributed by atoms with Gasteiger partial charge in [0.1, 0.15) is 10.6 Å². The summed E-state index contributed by atoms with van der Waals surface area (Å²) >= 11 is 1.43. The summed E-state index contributed by atoms with van der Waals surface area (Å²) in [5, 5.41) is 22.3. The van der Waals surface area contributed by atoms with Gasteiger partial charge in [0.2, 0.25) is 0 Å². The maximum Gasteiger partial charge on any atom is 0.307 e. The molecule has 94 valence electrons. The summed E-state index contributed by atoms with van der Waals surface area (Å²) in [5.41, 5.74) is -1.37. The molecular weight excluding hydrogens is 238 g/mol. The third-order valence-electron chi connectivity index (χ3n) is 3.67. The van der Waals surface area contributed by atoms with E-state index in [0.717, 1.165) is 0 Å². The van der Waals surface area contributed by atoms with Gasteiger partial charge < -0.3 is 10.2 Å². The van der Waals surface area contributed by atoms with E-state index in [4.69, 9.17) is 0 Å². The molecule has 1 aliphatic carbocycles. The van der Waals surface area contributed by atoms with Crippen molar-refractivity contribution in [1.82, 2.24) is 4.98 Å². The zero-order chi connectivity index (χ0) is 12.7. The van der Waals surface area contributed by atoms with E-state index in [-0.39, 0.29) is 5.92 Å². The second kappa shape index (κ2) is 4.07. The highest BCUT2D eigenvalue weighted by molar-refractivity contribution is 7.09. The second-order valence-corrected chi connectivity index (χ2v) is 6.36. The Morgan fingerprint density at radius 1 is 1.59 bits per heavy atom. The summed E-state index contributed by atoms with van der Waals surface area (Å²) in [7, 11) is 0. The summed E-state index contributed by atoms with van der Waals surface area (Å²) in [6.07, 6.45) is 3.10. The van der Waals surface area contributed by atoms with E-state index in [0.29, 0.717) is 24.3 Å². The molecule has 0 bridgehead atoms. The lowest BCUT2D eigenvalue weighted by molar-refractivity contribution is -0.154. The van der Waals surface area contributed by atoms with Crippen molar-refractivity contribution in [3.63, 3.8) is 0 Å². The normalized spacial score (nSPS) is 32.3. The molecular formula is C12H17NO3S. The van der Waals surface area contributed by atoms with Gasteiger partial charge in [-0.25, -0.2) is 4.98 Å². The topological polar surface area (TPSA) is 70.4 Å². The molecule has 1 heterocycles. The third-order valence-corrected chi connectivity index (χ3v) is 4.63. The highest BCUT2D eigenvalue weighted by atomic mass is 32.1. The predicted octanol–water partition coefficient (Wildman–Crippen LogP) is 2.24. The maximum absolute atomic E-state index is 11.2. The molecule has 0 aromatic carbocycles. The van der Waals surface area contributed by atoms with E-state index in [2.05, 4.69) is 4.98 Å². The van der Waals surface area contributed by atoms with Crippen LogP contribution in [0.15, 0.2) is 11.6 Å². The van der Waals surface area contributed by atoms with Crippen LogP contribution in [-0.4, -0.2) is 21.2 Å². The van der Waals surface area contributed by atoms with E-state index in [9.17, 15) is 15.0 Å². The van der Waals surface area contributed by atoms with E-state index in [1.54, 1.807) is 6.20 Å². The fraction of sp³-hybridized carbons (Fsp3) is 0.667. The molecule has 2 N–H and O–H groups in total. The molecule has 2 atom stereocenters. The minimum absolute atomic E-state index is 0.386. The molecule has 5 heteroatoms. The number of nitrogens with zero attached hydrogens (tertiary/aromatic N) is 1. The van der Waals surface area contributed by atoms with Crippen LogP contribution in [0.4, 0.5) is 0 Å². The summed E-state index contributed by atoms with van der Waals surface area (Å²) < 4.78 is 0. The maximum atomic E-state index is 11.2. The van der Waals surface area contributed by atoms with Gasteiger partial charge in [-0.2, -0.15) is 0 Å². The molecule has 1 aromatic rings. The number of carboxylic acid groups (broad SMARTS) is 1. The number of carbonyl (C=O) groups is 1. The van der Waals surface area contributed by atoms with Crippen molar-refractivity contribution in [2.75, 3.05) is 0 Å².